The van der Waals surface area contributed by atoms with Crippen molar-refractivity contribution < 1.29 is 0 Å². The van der Waals surface area contributed by atoms with Crippen LogP contribution in [0.15, 0.2) is 18.3 Å². The van der Waals surface area contributed by atoms with E-state index in [1.54, 1.807) is 0 Å². The van der Waals surface area contributed by atoms with Gasteiger partial charge in [0.05, 0.1) is 0 Å². The standard InChI is InChI=1S/C17H27N3/c1-2-14-4-3-10-20(11-9-14)17-8-5-15(13-19-17)12-18-16-6-7-16/h5,8,13-14,16,18H,2-4,6-7,9-12H2,1H3. The van der Waals surface area contributed by atoms with Crippen LogP contribution in [0.25, 0.3) is 0 Å². The molecule has 1 saturated carbocycles. The normalized spacial score (nSPS) is 23.6. The van der Waals surface area contributed by atoms with Crippen LogP contribution in [-0.4, -0.2) is 24.1 Å². The van der Waals surface area contributed by atoms with Crippen LogP contribution in [0.2, 0.25) is 0 Å². The summed E-state index contributed by atoms with van der Waals surface area (Å²) in [4.78, 5) is 7.15. The van der Waals surface area contributed by atoms with Gasteiger partial charge in [0, 0.05) is 31.9 Å². The van der Waals surface area contributed by atoms with E-state index < -0.39 is 0 Å². The predicted molar refractivity (Wildman–Crippen MR) is 83.9 cm³/mol. The third kappa shape index (κ3) is 3.72. The smallest absolute Gasteiger partial charge is 0.128 e. The zero-order chi connectivity index (χ0) is 13.8. The highest BCUT2D eigenvalue weighted by molar-refractivity contribution is 5.39. The summed E-state index contributed by atoms with van der Waals surface area (Å²) >= 11 is 0. The van der Waals surface area contributed by atoms with Gasteiger partial charge in [-0.3, -0.25) is 0 Å². The Labute approximate surface area is 122 Å². The first-order valence-electron chi connectivity index (χ1n) is 8.28. The van der Waals surface area contributed by atoms with E-state index in [2.05, 4.69) is 34.3 Å². The van der Waals surface area contributed by atoms with E-state index in [9.17, 15) is 0 Å². The van der Waals surface area contributed by atoms with Gasteiger partial charge in [0.25, 0.3) is 0 Å². The lowest BCUT2D eigenvalue weighted by molar-refractivity contribution is 0.459. The fraction of sp³-hybridized carbons (Fsp3) is 0.706. The summed E-state index contributed by atoms with van der Waals surface area (Å²) in [7, 11) is 0. The molecule has 1 N–H and O–H groups in total. The monoisotopic (exact) mass is 273 g/mol. The summed E-state index contributed by atoms with van der Waals surface area (Å²) in [5.74, 6) is 2.08. The maximum atomic E-state index is 4.68. The zero-order valence-electron chi connectivity index (χ0n) is 12.6. The number of hydrogen-bond donors (Lipinski definition) is 1. The minimum Gasteiger partial charge on any atom is -0.357 e. The van der Waals surface area contributed by atoms with Crippen LogP contribution >= 0.6 is 0 Å². The fourth-order valence-corrected chi connectivity index (χ4v) is 3.06. The first-order chi connectivity index (χ1) is 9.85. The van der Waals surface area contributed by atoms with Crippen LogP contribution in [0.1, 0.15) is 51.0 Å². The van der Waals surface area contributed by atoms with Crippen LogP contribution in [0.3, 0.4) is 0 Å². The van der Waals surface area contributed by atoms with E-state index in [-0.39, 0.29) is 0 Å². The molecule has 1 aliphatic carbocycles. The van der Waals surface area contributed by atoms with Crippen molar-refractivity contribution in [3.63, 3.8) is 0 Å². The molecule has 20 heavy (non-hydrogen) atoms. The number of anilines is 1. The van der Waals surface area contributed by atoms with Crippen LogP contribution < -0.4 is 10.2 Å². The van der Waals surface area contributed by atoms with Crippen molar-refractivity contribution in [2.75, 3.05) is 18.0 Å². The summed E-state index contributed by atoms with van der Waals surface area (Å²) < 4.78 is 0. The largest absolute Gasteiger partial charge is 0.357 e. The summed E-state index contributed by atoms with van der Waals surface area (Å²) in [5.41, 5.74) is 1.31. The topological polar surface area (TPSA) is 28.2 Å². The number of rotatable bonds is 5. The fourth-order valence-electron chi connectivity index (χ4n) is 3.06. The maximum Gasteiger partial charge on any atom is 0.128 e. The SMILES string of the molecule is CCC1CCCN(c2ccc(CNC3CC3)cn2)CC1. The van der Waals surface area contributed by atoms with Gasteiger partial charge < -0.3 is 10.2 Å². The summed E-state index contributed by atoms with van der Waals surface area (Å²) in [6, 6.07) is 5.21. The van der Waals surface area contributed by atoms with Crippen molar-refractivity contribution in [3.8, 4) is 0 Å². The Balaban J connectivity index is 1.55. The Hall–Kier alpha value is -1.09. The van der Waals surface area contributed by atoms with Gasteiger partial charge in [0.2, 0.25) is 0 Å². The van der Waals surface area contributed by atoms with Gasteiger partial charge in [-0.05, 0) is 49.7 Å². The van der Waals surface area contributed by atoms with E-state index in [0.717, 1.165) is 24.3 Å². The van der Waals surface area contributed by atoms with Gasteiger partial charge in [0.15, 0.2) is 0 Å². The van der Waals surface area contributed by atoms with E-state index in [1.165, 1.54) is 57.2 Å². The van der Waals surface area contributed by atoms with Crippen molar-refractivity contribution in [2.24, 2.45) is 5.92 Å². The highest BCUT2D eigenvalue weighted by Gasteiger charge is 2.20. The number of hydrogen-bond acceptors (Lipinski definition) is 3. The second-order valence-corrected chi connectivity index (χ2v) is 6.37. The predicted octanol–water partition coefficient (Wildman–Crippen LogP) is 3.35. The zero-order valence-corrected chi connectivity index (χ0v) is 12.6. The van der Waals surface area contributed by atoms with Crippen molar-refractivity contribution in [3.05, 3.63) is 23.9 Å². The maximum absolute atomic E-state index is 4.68. The lowest BCUT2D eigenvalue weighted by atomic mass is 9.98. The highest BCUT2D eigenvalue weighted by Crippen LogP contribution is 2.23. The number of nitrogens with one attached hydrogen (secondary N) is 1. The summed E-state index contributed by atoms with van der Waals surface area (Å²) in [6.45, 7) is 5.63. The quantitative estimate of drug-likeness (QED) is 0.891. The molecule has 110 valence electrons. The third-order valence-corrected chi connectivity index (χ3v) is 4.73. The molecule has 0 amide bonds. The highest BCUT2D eigenvalue weighted by atomic mass is 15.2. The molecule has 3 rings (SSSR count). The minimum absolute atomic E-state index is 0.770. The van der Waals surface area contributed by atoms with E-state index >= 15 is 0 Å². The second-order valence-electron chi connectivity index (χ2n) is 6.37. The molecule has 0 aromatic carbocycles. The van der Waals surface area contributed by atoms with Gasteiger partial charge in [-0.1, -0.05) is 19.4 Å². The Morgan fingerprint density at radius 3 is 2.80 bits per heavy atom. The van der Waals surface area contributed by atoms with Gasteiger partial charge in [-0.15, -0.1) is 0 Å². The minimum atomic E-state index is 0.770. The second kappa shape index (κ2) is 6.57. The molecule has 3 heteroatoms. The van der Waals surface area contributed by atoms with Crippen molar-refractivity contribution >= 4 is 5.82 Å². The first-order valence-corrected chi connectivity index (χ1v) is 8.28. The number of nitrogens with zero attached hydrogens (tertiary/aromatic N) is 2. The van der Waals surface area contributed by atoms with Crippen molar-refractivity contribution in [1.82, 2.24) is 10.3 Å². The first kappa shape index (κ1) is 13.9. The summed E-state index contributed by atoms with van der Waals surface area (Å²) in [5, 5.41) is 3.54. The molecule has 2 fully saturated rings. The Bertz CT molecular complexity index is 411. The molecular weight excluding hydrogens is 246 g/mol. The molecule has 1 aliphatic heterocycles. The molecule has 1 unspecified atom stereocenters. The molecule has 2 heterocycles. The van der Waals surface area contributed by atoms with Gasteiger partial charge in [-0.25, -0.2) is 4.98 Å². The molecule has 1 atom stereocenters. The molecule has 1 aromatic heterocycles. The lowest BCUT2D eigenvalue weighted by Gasteiger charge is -2.21. The molecule has 3 nitrogen and oxygen atoms in total. The average Bonchev–Trinajstić information content (AvgIpc) is 3.32. The Morgan fingerprint density at radius 2 is 2.10 bits per heavy atom. The molecule has 2 aliphatic rings. The Morgan fingerprint density at radius 1 is 1.20 bits per heavy atom. The molecule has 1 aromatic rings. The van der Waals surface area contributed by atoms with Gasteiger partial charge in [0.1, 0.15) is 5.82 Å². The van der Waals surface area contributed by atoms with E-state index in [0.29, 0.717) is 0 Å². The molecular formula is C17H27N3. The molecule has 0 spiro atoms. The molecule has 1 saturated heterocycles. The van der Waals surface area contributed by atoms with Crippen LogP contribution in [0, 0.1) is 5.92 Å². The van der Waals surface area contributed by atoms with E-state index in [4.69, 9.17) is 0 Å². The summed E-state index contributed by atoms with van der Waals surface area (Å²) in [6.07, 6.45) is 10.1. The van der Waals surface area contributed by atoms with E-state index in [1.807, 2.05) is 6.20 Å². The van der Waals surface area contributed by atoms with Crippen LogP contribution in [-0.2, 0) is 6.54 Å². The van der Waals surface area contributed by atoms with Gasteiger partial charge in [-0.2, -0.15) is 0 Å². The average molecular weight is 273 g/mol. The van der Waals surface area contributed by atoms with Crippen molar-refractivity contribution in [1.29, 1.82) is 0 Å². The lowest BCUT2D eigenvalue weighted by Crippen LogP contribution is -2.25. The van der Waals surface area contributed by atoms with Crippen molar-refractivity contribution in [2.45, 2.75) is 58.0 Å². The van der Waals surface area contributed by atoms with Crippen LogP contribution in [0.5, 0.6) is 0 Å². The number of pyridine rings is 1. The molecule has 0 radical (unpaired) electrons. The molecule has 0 bridgehead atoms. The Kier molecular flexibility index (Phi) is 4.56. The number of aromatic nitrogens is 1. The van der Waals surface area contributed by atoms with Gasteiger partial charge >= 0.3 is 0 Å². The third-order valence-electron chi connectivity index (χ3n) is 4.73. The van der Waals surface area contributed by atoms with Crippen LogP contribution in [0.4, 0.5) is 5.82 Å².